The van der Waals surface area contributed by atoms with Crippen molar-refractivity contribution in [1.29, 1.82) is 0 Å². The van der Waals surface area contributed by atoms with Gasteiger partial charge in [-0.05, 0) is 49.4 Å². The van der Waals surface area contributed by atoms with Crippen molar-refractivity contribution < 1.29 is 4.74 Å². The predicted molar refractivity (Wildman–Crippen MR) is 66.8 cm³/mol. The number of rotatable bonds is 2. The predicted octanol–water partition coefficient (Wildman–Crippen LogP) is 3.15. The van der Waals surface area contributed by atoms with Crippen LogP contribution in [0.1, 0.15) is 37.8 Å². The summed E-state index contributed by atoms with van der Waals surface area (Å²) in [5.74, 6) is 1.79. The summed E-state index contributed by atoms with van der Waals surface area (Å²) in [4.78, 5) is 0. The lowest BCUT2D eigenvalue weighted by Crippen LogP contribution is -2.20. The molecule has 16 heavy (non-hydrogen) atoms. The van der Waals surface area contributed by atoms with Crippen LogP contribution in [0.2, 0.25) is 0 Å². The van der Waals surface area contributed by atoms with E-state index in [4.69, 9.17) is 4.74 Å². The quantitative estimate of drug-likeness (QED) is 0.825. The van der Waals surface area contributed by atoms with E-state index in [2.05, 4.69) is 24.4 Å². The van der Waals surface area contributed by atoms with Gasteiger partial charge in [0, 0.05) is 6.04 Å². The molecule has 2 atom stereocenters. The van der Waals surface area contributed by atoms with Gasteiger partial charge < -0.3 is 10.1 Å². The maximum absolute atomic E-state index is 5.18. The Balaban J connectivity index is 2.04. The first-order chi connectivity index (χ1) is 7.79. The van der Waals surface area contributed by atoms with Crippen molar-refractivity contribution in [3.63, 3.8) is 0 Å². The molecular weight excluding hydrogens is 198 g/mol. The van der Waals surface area contributed by atoms with Crippen molar-refractivity contribution in [2.45, 2.75) is 32.2 Å². The highest BCUT2D eigenvalue weighted by atomic mass is 16.5. The number of hydrogen-bond donors (Lipinski definition) is 1. The Kier molecular flexibility index (Phi) is 3.83. The lowest BCUT2D eigenvalue weighted by atomic mass is 9.98. The fourth-order valence-corrected chi connectivity index (χ4v) is 2.32. The zero-order chi connectivity index (χ0) is 11.4. The highest BCUT2D eigenvalue weighted by Crippen LogP contribution is 2.26. The van der Waals surface area contributed by atoms with Crippen LogP contribution in [0.3, 0.4) is 0 Å². The van der Waals surface area contributed by atoms with Gasteiger partial charge >= 0.3 is 0 Å². The molecular formula is C14H21NO. The average Bonchev–Trinajstić information content (AvgIpc) is 2.54. The molecule has 1 aromatic carbocycles. The molecule has 1 N–H and O–H groups in total. The van der Waals surface area contributed by atoms with Crippen molar-refractivity contribution in [1.82, 2.24) is 5.32 Å². The Morgan fingerprint density at radius 1 is 1.12 bits per heavy atom. The third-order valence-electron chi connectivity index (χ3n) is 3.49. The Labute approximate surface area is 98.0 Å². The smallest absolute Gasteiger partial charge is 0.118 e. The molecule has 0 bridgehead atoms. The van der Waals surface area contributed by atoms with Crippen LogP contribution >= 0.6 is 0 Å². The number of methoxy groups -OCH3 is 1. The third kappa shape index (κ3) is 2.76. The largest absolute Gasteiger partial charge is 0.497 e. The van der Waals surface area contributed by atoms with E-state index in [1.807, 2.05) is 12.1 Å². The molecule has 0 saturated carbocycles. The molecule has 88 valence electrons. The second-order valence-electron chi connectivity index (χ2n) is 4.75. The highest BCUT2D eigenvalue weighted by Gasteiger charge is 2.16. The zero-order valence-electron chi connectivity index (χ0n) is 10.2. The van der Waals surface area contributed by atoms with Gasteiger partial charge in [-0.3, -0.25) is 0 Å². The third-order valence-corrected chi connectivity index (χ3v) is 3.49. The molecule has 2 rings (SSSR count). The lowest BCUT2D eigenvalue weighted by Gasteiger charge is -2.16. The first-order valence-electron chi connectivity index (χ1n) is 6.17. The van der Waals surface area contributed by atoms with Crippen molar-refractivity contribution >= 4 is 0 Å². The monoisotopic (exact) mass is 219 g/mol. The topological polar surface area (TPSA) is 21.3 Å². The Hall–Kier alpha value is -1.02. The van der Waals surface area contributed by atoms with Gasteiger partial charge in [-0.15, -0.1) is 0 Å². The zero-order valence-corrected chi connectivity index (χ0v) is 10.2. The summed E-state index contributed by atoms with van der Waals surface area (Å²) in [6, 6.07) is 8.96. The molecule has 1 fully saturated rings. The minimum Gasteiger partial charge on any atom is -0.497 e. The minimum atomic E-state index is 0.524. The molecule has 2 unspecified atom stereocenters. The number of hydrogen-bond acceptors (Lipinski definition) is 2. The van der Waals surface area contributed by atoms with E-state index in [9.17, 15) is 0 Å². The molecule has 0 spiro atoms. The summed E-state index contributed by atoms with van der Waals surface area (Å²) in [7, 11) is 1.71. The molecule has 1 aromatic rings. The number of nitrogens with one attached hydrogen (secondary N) is 1. The van der Waals surface area contributed by atoms with Crippen LogP contribution in [0.25, 0.3) is 0 Å². The first kappa shape index (κ1) is 11.5. The molecule has 0 aromatic heterocycles. The summed E-state index contributed by atoms with van der Waals surface area (Å²) in [5.41, 5.74) is 1.38. The van der Waals surface area contributed by atoms with E-state index in [-0.39, 0.29) is 0 Å². The second-order valence-corrected chi connectivity index (χ2v) is 4.75. The summed E-state index contributed by atoms with van der Waals surface area (Å²) < 4.78 is 5.18. The second kappa shape index (κ2) is 5.35. The Morgan fingerprint density at radius 3 is 2.56 bits per heavy atom. The molecule has 0 amide bonds. The van der Waals surface area contributed by atoms with Crippen LogP contribution in [-0.4, -0.2) is 13.7 Å². The summed E-state index contributed by atoms with van der Waals surface area (Å²) >= 11 is 0. The highest BCUT2D eigenvalue weighted by molar-refractivity contribution is 5.29. The fraction of sp³-hybridized carbons (Fsp3) is 0.571. The molecule has 2 nitrogen and oxygen atoms in total. The molecule has 0 aliphatic carbocycles. The molecule has 1 saturated heterocycles. The van der Waals surface area contributed by atoms with Gasteiger partial charge in [0.1, 0.15) is 5.75 Å². The molecule has 0 radical (unpaired) electrons. The Bertz CT molecular complexity index is 320. The van der Waals surface area contributed by atoms with Crippen molar-refractivity contribution in [3.05, 3.63) is 29.8 Å². The number of benzene rings is 1. The van der Waals surface area contributed by atoms with Crippen LogP contribution in [0.4, 0.5) is 0 Å². The van der Waals surface area contributed by atoms with E-state index >= 15 is 0 Å². The van der Waals surface area contributed by atoms with E-state index in [1.165, 1.54) is 24.8 Å². The van der Waals surface area contributed by atoms with Crippen molar-refractivity contribution in [2.24, 2.45) is 5.92 Å². The van der Waals surface area contributed by atoms with Gasteiger partial charge in [0.15, 0.2) is 0 Å². The Morgan fingerprint density at radius 2 is 1.88 bits per heavy atom. The van der Waals surface area contributed by atoms with E-state index in [0.717, 1.165) is 18.2 Å². The molecule has 1 aliphatic heterocycles. The van der Waals surface area contributed by atoms with Crippen LogP contribution in [0.5, 0.6) is 5.75 Å². The van der Waals surface area contributed by atoms with Crippen LogP contribution in [-0.2, 0) is 0 Å². The SMILES string of the molecule is COc1ccc(C2CCC(C)CCN2)cc1. The number of ether oxygens (including phenoxy) is 1. The van der Waals surface area contributed by atoms with Crippen molar-refractivity contribution in [2.75, 3.05) is 13.7 Å². The summed E-state index contributed by atoms with van der Waals surface area (Å²) in [6.07, 6.45) is 3.86. The summed E-state index contributed by atoms with van der Waals surface area (Å²) in [6.45, 7) is 3.48. The van der Waals surface area contributed by atoms with Crippen molar-refractivity contribution in [3.8, 4) is 5.75 Å². The maximum atomic E-state index is 5.18. The first-order valence-corrected chi connectivity index (χ1v) is 6.17. The summed E-state index contributed by atoms with van der Waals surface area (Å²) in [5, 5.41) is 3.62. The average molecular weight is 219 g/mol. The normalized spacial score (nSPS) is 26.1. The van der Waals surface area contributed by atoms with Crippen LogP contribution in [0, 0.1) is 5.92 Å². The fourth-order valence-electron chi connectivity index (χ4n) is 2.32. The van der Waals surface area contributed by atoms with E-state index in [0.29, 0.717) is 6.04 Å². The standard InChI is InChI=1S/C14H21NO/c1-11-3-8-14(15-10-9-11)12-4-6-13(16-2)7-5-12/h4-7,11,14-15H,3,8-10H2,1-2H3. The molecule has 1 heterocycles. The van der Waals surface area contributed by atoms with E-state index < -0.39 is 0 Å². The van der Waals surface area contributed by atoms with Crippen LogP contribution < -0.4 is 10.1 Å². The van der Waals surface area contributed by atoms with Gasteiger partial charge in [-0.25, -0.2) is 0 Å². The molecule has 2 heteroatoms. The van der Waals surface area contributed by atoms with Gasteiger partial charge in [0.05, 0.1) is 7.11 Å². The van der Waals surface area contributed by atoms with Gasteiger partial charge in [0.25, 0.3) is 0 Å². The minimum absolute atomic E-state index is 0.524. The maximum Gasteiger partial charge on any atom is 0.118 e. The van der Waals surface area contributed by atoms with Crippen LogP contribution in [0.15, 0.2) is 24.3 Å². The van der Waals surface area contributed by atoms with Gasteiger partial charge in [0.2, 0.25) is 0 Å². The van der Waals surface area contributed by atoms with Gasteiger partial charge in [-0.1, -0.05) is 19.1 Å². The van der Waals surface area contributed by atoms with E-state index in [1.54, 1.807) is 7.11 Å². The van der Waals surface area contributed by atoms with Gasteiger partial charge in [-0.2, -0.15) is 0 Å². The lowest BCUT2D eigenvalue weighted by molar-refractivity contribution is 0.414. The molecule has 1 aliphatic rings.